The minimum absolute atomic E-state index is 0. The molecule has 0 fully saturated rings. The summed E-state index contributed by atoms with van der Waals surface area (Å²) in [5.74, 6) is 0. The first-order valence-electron chi connectivity index (χ1n) is 0. The van der Waals surface area contributed by atoms with E-state index in [1.807, 2.05) is 0 Å². The zero-order valence-electron chi connectivity index (χ0n) is 0.408. The summed E-state index contributed by atoms with van der Waals surface area (Å²) in [4.78, 5) is 0. The molecule has 14 valence electrons. The van der Waals surface area contributed by atoms with Gasteiger partial charge in [-0.1, -0.05) is 0 Å². The molecule has 4 heavy (non-hydrogen) atoms. The van der Waals surface area contributed by atoms with Crippen LogP contribution in [0.15, 0.2) is 0 Å². The number of hydrogen-bond donors (Lipinski definition) is 0. The van der Waals surface area contributed by atoms with Crippen LogP contribution < -0.4 is 0 Å². The van der Waals surface area contributed by atoms with Gasteiger partial charge >= 0.3 is 128 Å². The van der Waals surface area contributed by atoms with Crippen molar-refractivity contribution in [3.8, 4) is 0 Å². The molecule has 0 radical (unpaired) electrons. The summed E-state index contributed by atoms with van der Waals surface area (Å²) in [6, 6.07) is 0. The summed E-state index contributed by atoms with van der Waals surface area (Å²) in [5.41, 5.74) is 0. The van der Waals surface area contributed by atoms with E-state index in [4.69, 9.17) is 0 Å². The Morgan fingerprint density at radius 1 is 0.750 bits per heavy atom. The van der Waals surface area contributed by atoms with E-state index >= 15 is 0 Å². The molecule has 0 aliphatic carbocycles. The summed E-state index contributed by atoms with van der Waals surface area (Å²) in [7, 11) is 0. The number of halogens is 1. The van der Waals surface area contributed by atoms with Gasteiger partial charge in [0.25, 0.3) is 0 Å². The molecule has 0 N–H and O–H groups in total. The fraction of sp³-hybridized carbons (Fsp3) is 0. The maximum absolute atomic E-state index is 0. The van der Waals surface area contributed by atoms with E-state index in [-0.39, 0.29) is 152 Å². The molecule has 0 amide bonds. The zero-order chi connectivity index (χ0) is 0. The normalized spacial score (nSPS) is 0. The molecule has 0 bridgehead atoms. The van der Waals surface area contributed by atoms with E-state index < -0.39 is 0 Å². The fourth-order valence-corrected chi connectivity index (χ4v) is 0. The van der Waals surface area contributed by atoms with Gasteiger partial charge in [0.05, 0.1) is 0 Å². The van der Waals surface area contributed by atoms with Crippen LogP contribution in [0, 0.1) is 0 Å². The van der Waals surface area contributed by atoms with Crippen molar-refractivity contribution in [1.29, 1.82) is 0 Å². The third-order valence-electron chi connectivity index (χ3n) is 0. The molecule has 0 unspecified atom stereocenters. The monoisotopic (exact) mass is 310 g/mol. The Balaban J connectivity index is 0. The molecule has 0 heterocycles. The van der Waals surface area contributed by atoms with E-state index in [0.717, 1.165) is 0 Å². The first-order valence-corrected chi connectivity index (χ1v) is 0. The van der Waals surface area contributed by atoms with Gasteiger partial charge in [0, 0.05) is 0 Å². The van der Waals surface area contributed by atoms with Gasteiger partial charge in [0.2, 0.25) is 0 Å². The van der Waals surface area contributed by atoms with Crippen LogP contribution in [0.1, 0.15) is 0 Å². The van der Waals surface area contributed by atoms with Gasteiger partial charge in [0.1, 0.15) is 0 Å². The van der Waals surface area contributed by atoms with Crippen molar-refractivity contribution in [3.05, 3.63) is 0 Å². The molecule has 0 aliphatic heterocycles. The van der Waals surface area contributed by atoms with Crippen LogP contribution in [0.5, 0.6) is 0 Å². The van der Waals surface area contributed by atoms with Crippen molar-refractivity contribution >= 4 is 152 Å². The summed E-state index contributed by atoms with van der Waals surface area (Å²) < 4.78 is 0. The molecular formula is H4CsINa2. The second-order valence-corrected chi connectivity index (χ2v) is 0. The molecular weight excluding hydrogens is 306 g/mol. The first kappa shape index (κ1) is 23.3. The van der Waals surface area contributed by atoms with Crippen molar-refractivity contribution in [2.75, 3.05) is 0 Å². The van der Waals surface area contributed by atoms with Crippen LogP contribution in [0.2, 0.25) is 0 Å². The molecule has 0 aliphatic rings. The standard InChI is InChI=1S/Cs.HI.2Na.3H/h;1H;;;;;. The Morgan fingerprint density at radius 3 is 0.750 bits per heavy atom. The molecule has 0 aromatic rings. The fourth-order valence-electron chi connectivity index (χ4n) is 0. The van der Waals surface area contributed by atoms with E-state index in [0.29, 0.717) is 0 Å². The van der Waals surface area contributed by atoms with Crippen LogP contribution in [0.25, 0.3) is 0 Å². The molecule has 0 rings (SSSR count). The topological polar surface area (TPSA) is 0 Å². The molecule has 0 aromatic heterocycles. The van der Waals surface area contributed by atoms with Gasteiger partial charge in [-0.3, -0.25) is 0 Å². The van der Waals surface area contributed by atoms with Crippen LogP contribution in [-0.4, -0.2) is 128 Å². The van der Waals surface area contributed by atoms with E-state index in [2.05, 4.69) is 0 Å². The van der Waals surface area contributed by atoms with Crippen molar-refractivity contribution in [3.63, 3.8) is 0 Å². The van der Waals surface area contributed by atoms with Gasteiger partial charge in [0.15, 0.2) is 0 Å². The van der Waals surface area contributed by atoms with Gasteiger partial charge < -0.3 is 0 Å². The van der Waals surface area contributed by atoms with Gasteiger partial charge in [-0.2, -0.15) is 0 Å². The molecule has 0 spiro atoms. The number of rotatable bonds is 0. The SMILES string of the molecule is I.[CsH].[NaH].[NaH]. The van der Waals surface area contributed by atoms with Crippen LogP contribution in [0.4, 0.5) is 0 Å². The van der Waals surface area contributed by atoms with Crippen molar-refractivity contribution in [2.45, 2.75) is 0 Å². The van der Waals surface area contributed by atoms with Crippen LogP contribution in [0.3, 0.4) is 0 Å². The van der Waals surface area contributed by atoms with Crippen molar-refractivity contribution in [2.24, 2.45) is 0 Å². The molecule has 0 aromatic carbocycles. The van der Waals surface area contributed by atoms with Gasteiger partial charge in [-0.05, 0) is 0 Å². The second-order valence-electron chi connectivity index (χ2n) is 0. The van der Waals surface area contributed by atoms with E-state index in [1.54, 1.807) is 0 Å². The Kier molecular flexibility index (Phi) is 91.0. The third-order valence-corrected chi connectivity index (χ3v) is 0. The molecule has 4 heteroatoms. The molecule has 0 nitrogen and oxygen atoms in total. The van der Waals surface area contributed by atoms with Crippen molar-refractivity contribution < 1.29 is 0 Å². The predicted octanol–water partition coefficient (Wildman–Crippen LogP) is -1.33. The first-order chi connectivity index (χ1) is 0. The molecule has 0 saturated heterocycles. The van der Waals surface area contributed by atoms with E-state index in [9.17, 15) is 0 Å². The molecule has 0 atom stereocenters. The third kappa shape index (κ3) is 9.92. The Labute approximate surface area is 147 Å². The average molecular weight is 310 g/mol. The van der Waals surface area contributed by atoms with Crippen LogP contribution in [-0.2, 0) is 0 Å². The minimum atomic E-state index is 0. The number of hydrogen-bond acceptors (Lipinski definition) is 0. The Hall–Kier alpha value is 4.78. The summed E-state index contributed by atoms with van der Waals surface area (Å²) in [6.45, 7) is 0. The maximum atomic E-state index is 0. The quantitative estimate of drug-likeness (QED) is 0.384. The summed E-state index contributed by atoms with van der Waals surface area (Å²) in [6.07, 6.45) is 0. The predicted molar refractivity (Wildman–Crippen MR) is 36.9 cm³/mol. The zero-order valence-corrected chi connectivity index (χ0v) is 2.74. The summed E-state index contributed by atoms with van der Waals surface area (Å²) in [5, 5.41) is 0. The van der Waals surface area contributed by atoms with Crippen molar-refractivity contribution in [1.82, 2.24) is 0 Å². The van der Waals surface area contributed by atoms with E-state index in [1.165, 1.54) is 0 Å². The van der Waals surface area contributed by atoms with Gasteiger partial charge in [-0.25, -0.2) is 0 Å². The van der Waals surface area contributed by atoms with Gasteiger partial charge in [-0.15, -0.1) is 24.0 Å². The Bertz CT molecular complexity index is 6.00. The molecule has 0 saturated carbocycles. The Morgan fingerprint density at radius 2 is 0.750 bits per heavy atom. The summed E-state index contributed by atoms with van der Waals surface area (Å²) >= 11 is 0. The van der Waals surface area contributed by atoms with Crippen LogP contribution >= 0.6 is 24.0 Å². The second kappa shape index (κ2) is 15.7. The average Bonchev–Trinajstić information content (AvgIpc) is 0.